The molecule has 2 aliphatic rings. The third-order valence-electron chi connectivity index (χ3n) is 7.57. The number of imidazole rings is 1. The molecule has 1 aromatic carbocycles. The van der Waals surface area contributed by atoms with E-state index in [0.717, 1.165) is 86.9 Å². The molecule has 8 nitrogen and oxygen atoms in total. The smallest absolute Gasteiger partial charge is 0.159 e. The molecule has 4 aromatic rings. The molecule has 192 valence electrons. The fourth-order valence-corrected chi connectivity index (χ4v) is 5.50. The molecule has 0 atom stereocenters. The fourth-order valence-electron chi connectivity index (χ4n) is 5.30. The lowest BCUT2D eigenvalue weighted by Gasteiger charge is -2.36. The Morgan fingerprint density at radius 1 is 0.973 bits per heavy atom. The van der Waals surface area contributed by atoms with E-state index in [1.54, 1.807) is 6.20 Å². The second-order valence-corrected chi connectivity index (χ2v) is 10.6. The second kappa shape index (κ2) is 10.7. The lowest BCUT2D eigenvalue weighted by atomic mass is 10.1. The van der Waals surface area contributed by atoms with Crippen LogP contribution in [0.15, 0.2) is 55.0 Å². The zero-order valence-electron chi connectivity index (χ0n) is 21.2. The van der Waals surface area contributed by atoms with Crippen molar-refractivity contribution in [2.45, 2.75) is 25.4 Å². The zero-order chi connectivity index (χ0) is 25.2. The highest BCUT2D eigenvalue weighted by Gasteiger charge is 2.21. The minimum absolute atomic E-state index is 0.393. The van der Waals surface area contributed by atoms with Gasteiger partial charge in [-0.2, -0.15) is 0 Å². The van der Waals surface area contributed by atoms with Crippen LogP contribution in [0.4, 0.5) is 11.4 Å². The third-order valence-corrected chi connectivity index (χ3v) is 7.85. The molecule has 2 fully saturated rings. The molecule has 2 N–H and O–H groups in total. The Hall–Kier alpha value is -3.20. The van der Waals surface area contributed by atoms with E-state index < -0.39 is 0 Å². The van der Waals surface area contributed by atoms with Crippen LogP contribution in [0.3, 0.4) is 0 Å². The number of nitrogens with zero attached hydrogens (tertiary/aromatic N) is 6. The number of rotatable bonds is 6. The largest absolute Gasteiger partial charge is 0.379 e. The molecule has 37 heavy (non-hydrogen) atoms. The van der Waals surface area contributed by atoms with Gasteiger partial charge in [0.1, 0.15) is 11.3 Å². The van der Waals surface area contributed by atoms with E-state index in [2.05, 4.69) is 78.4 Å². The quantitative estimate of drug-likeness (QED) is 0.390. The number of aromatic nitrogens is 4. The average Bonchev–Trinajstić information content (AvgIpc) is 3.37. The number of pyridine rings is 2. The van der Waals surface area contributed by atoms with Crippen LogP contribution in [0, 0.1) is 0 Å². The van der Waals surface area contributed by atoms with E-state index in [0.29, 0.717) is 11.1 Å². The topological polar surface area (TPSA) is 76.2 Å². The number of hydrogen-bond acceptors (Lipinski definition) is 7. The molecule has 0 spiro atoms. The van der Waals surface area contributed by atoms with Crippen molar-refractivity contribution >= 4 is 34.1 Å². The van der Waals surface area contributed by atoms with Gasteiger partial charge in [-0.3, -0.25) is 9.88 Å². The number of anilines is 2. The van der Waals surface area contributed by atoms with E-state index in [-0.39, 0.29) is 0 Å². The van der Waals surface area contributed by atoms with E-state index in [1.807, 2.05) is 12.4 Å². The number of piperidine rings is 1. The summed E-state index contributed by atoms with van der Waals surface area (Å²) in [4.78, 5) is 24.3. The molecule has 5 heterocycles. The zero-order valence-corrected chi connectivity index (χ0v) is 22.0. The summed E-state index contributed by atoms with van der Waals surface area (Å²) in [5, 5.41) is 4.27. The minimum atomic E-state index is 0.393. The Labute approximate surface area is 222 Å². The second-order valence-electron chi connectivity index (χ2n) is 10.2. The molecule has 0 unspecified atom stereocenters. The average molecular weight is 517 g/mol. The van der Waals surface area contributed by atoms with Gasteiger partial charge in [-0.1, -0.05) is 11.6 Å². The number of halogens is 1. The molecular formula is C28H33ClN8. The van der Waals surface area contributed by atoms with Gasteiger partial charge in [0.15, 0.2) is 5.65 Å². The number of nitrogens with one attached hydrogen (secondary N) is 2. The maximum absolute atomic E-state index is 6.57. The van der Waals surface area contributed by atoms with Crippen molar-refractivity contribution in [3.05, 3.63) is 65.6 Å². The van der Waals surface area contributed by atoms with Crippen LogP contribution in [-0.4, -0.2) is 82.1 Å². The highest BCUT2D eigenvalue weighted by molar-refractivity contribution is 6.34. The van der Waals surface area contributed by atoms with Crippen LogP contribution in [0.1, 0.15) is 18.4 Å². The molecule has 0 bridgehead atoms. The molecule has 2 saturated heterocycles. The summed E-state index contributed by atoms with van der Waals surface area (Å²) in [5.74, 6) is 0.810. The minimum Gasteiger partial charge on any atom is -0.379 e. The van der Waals surface area contributed by atoms with Gasteiger partial charge >= 0.3 is 0 Å². The van der Waals surface area contributed by atoms with Crippen molar-refractivity contribution in [3.8, 4) is 11.4 Å². The summed E-state index contributed by atoms with van der Waals surface area (Å²) in [6, 6.07) is 13.3. The van der Waals surface area contributed by atoms with E-state index >= 15 is 0 Å². The maximum Gasteiger partial charge on any atom is 0.159 e. The first-order valence-electron chi connectivity index (χ1n) is 13.1. The summed E-state index contributed by atoms with van der Waals surface area (Å²) in [6.45, 7) is 7.28. The number of benzene rings is 1. The van der Waals surface area contributed by atoms with Crippen LogP contribution >= 0.6 is 11.6 Å². The Kier molecular flexibility index (Phi) is 6.95. The van der Waals surface area contributed by atoms with Crippen molar-refractivity contribution in [2.24, 2.45) is 0 Å². The van der Waals surface area contributed by atoms with Crippen molar-refractivity contribution in [3.63, 3.8) is 0 Å². The molecule has 9 heteroatoms. The Morgan fingerprint density at radius 2 is 1.70 bits per heavy atom. The van der Waals surface area contributed by atoms with Gasteiger partial charge in [0.2, 0.25) is 0 Å². The van der Waals surface area contributed by atoms with Crippen LogP contribution in [0.5, 0.6) is 0 Å². The molecule has 2 aliphatic heterocycles. The molecule has 3 aromatic heterocycles. The van der Waals surface area contributed by atoms with Crippen LogP contribution in [0.2, 0.25) is 5.02 Å². The molecular weight excluding hydrogens is 484 g/mol. The van der Waals surface area contributed by atoms with Gasteiger partial charge in [0, 0.05) is 62.4 Å². The van der Waals surface area contributed by atoms with Gasteiger partial charge < -0.3 is 20.1 Å². The van der Waals surface area contributed by atoms with Crippen molar-refractivity contribution in [2.75, 3.05) is 56.5 Å². The first-order valence-corrected chi connectivity index (χ1v) is 13.5. The van der Waals surface area contributed by atoms with Crippen LogP contribution in [0.25, 0.3) is 22.6 Å². The third kappa shape index (κ3) is 5.42. The van der Waals surface area contributed by atoms with Crippen LogP contribution in [-0.2, 0) is 6.54 Å². The predicted octanol–water partition coefficient (Wildman–Crippen LogP) is 4.50. The lowest BCUT2D eigenvalue weighted by Crippen LogP contribution is -2.45. The molecule has 0 aliphatic carbocycles. The highest BCUT2D eigenvalue weighted by Crippen LogP contribution is 2.32. The molecule has 6 rings (SSSR count). The van der Waals surface area contributed by atoms with E-state index in [4.69, 9.17) is 16.6 Å². The first kappa shape index (κ1) is 24.2. The van der Waals surface area contributed by atoms with Crippen molar-refractivity contribution in [1.29, 1.82) is 0 Å². The van der Waals surface area contributed by atoms with Crippen molar-refractivity contribution < 1.29 is 0 Å². The number of H-pyrrole nitrogens is 1. The SMILES string of the molecule is CN1CCC(Nc2c(Cl)cnc3[nH]c(-c4ccc(N5CCN(Cc6ccncc6)CC5)cc4)nc23)CC1. The summed E-state index contributed by atoms with van der Waals surface area (Å²) in [7, 11) is 2.17. The van der Waals surface area contributed by atoms with Crippen LogP contribution < -0.4 is 10.2 Å². The number of hydrogen-bond donors (Lipinski definition) is 2. The summed E-state index contributed by atoms with van der Waals surface area (Å²) < 4.78 is 0. The Bertz CT molecular complexity index is 1320. The van der Waals surface area contributed by atoms with Gasteiger partial charge in [-0.05, 0) is 74.9 Å². The maximum atomic E-state index is 6.57. The highest BCUT2D eigenvalue weighted by atomic mass is 35.5. The van der Waals surface area contributed by atoms with Gasteiger partial charge in [-0.15, -0.1) is 0 Å². The standard InChI is InChI=1S/C28H33ClN8/c1-35-12-8-22(9-13-35)32-25-24(29)18-31-28-26(25)33-27(34-28)21-2-4-23(5-3-21)37-16-14-36(15-17-37)19-20-6-10-30-11-7-20/h2-7,10-11,18,22H,8-9,12-17,19H2,1H3,(H2,31,32,33,34). The molecule has 0 saturated carbocycles. The summed E-state index contributed by atoms with van der Waals surface area (Å²) in [6.07, 6.45) is 7.63. The van der Waals surface area contributed by atoms with E-state index in [9.17, 15) is 0 Å². The number of fused-ring (bicyclic) bond motifs is 1. The number of aromatic amines is 1. The molecule has 0 amide bonds. The fraction of sp³-hybridized carbons (Fsp3) is 0.393. The monoisotopic (exact) mass is 516 g/mol. The Balaban J connectivity index is 1.13. The van der Waals surface area contributed by atoms with Gasteiger partial charge in [-0.25, -0.2) is 9.97 Å². The van der Waals surface area contributed by atoms with E-state index in [1.165, 1.54) is 11.3 Å². The van der Waals surface area contributed by atoms with Gasteiger partial charge in [0.05, 0.1) is 16.9 Å². The first-order chi connectivity index (χ1) is 18.1. The lowest BCUT2D eigenvalue weighted by molar-refractivity contribution is 0.250. The summed E-state index contributed by atoms with van der Waals surface area (Å²) >= 11 is 6.57. The van der Waals surface area contributed by atoms with Crippen molar-refractivity contribution in [1.82, 2.24) is 29.7 Å². The van der Waals surface area contributed by atoms with Gasteiger partial charge in [0.25, 0.3) is 0 Å². The Morgan fingerprint density at radius 3 is 2.43 bits per heavy atom. The number of piperazine rings is 1. The predicted molar refractivity (Wildman–Crippen MR) is 150 cm³/mol. The number of likely N-dealkylation sites (tertiary alicyclic amines) is 1. The summed E-state index contributed by atoms with van der Waals surface area (Å²) in [5.41, 5.74) is 6.04. The normalized spacial score (nSPS) is 17.9. The molecule has 0 radical (unpaired) electrons.